The van der Waals surface area contributed by atoms with Crippen LogP contribution in [-0.4, -0.2) is 18.0 Å². The molecule has 0 saturated carbocycles. The number of fused-ring (bicyclic) bond motifs is 2. The van der Waals surface area contributed by atoms with Gasteiger partial charge in [0.25, 0.3) is 5.91 Å². The third kappa shape index (κ3) is 2.19. The molecule has 1 amide bonds. The summed E-state index contributed by atoms with van der Waals surface area (Å²) in [4.78, 5) is 15.6. The number of para-hydroxylation sites is 1. The summed E-state index contributed by atoms with van der Waals surface area (Å²) in [6.07, 6.45) is 1.88. The van der Waals surface area contributed by atoms with Crippen molar-refractivity contribution >= 4 is 34.1 Å². The number of hydrogen-bond acceptors (Lipinski definition) is 2. The fraction of sp³-hybridized carbons (Fsp3) is 0.105. The molecule has 0 fully saturated rings. The van der Waals surface area contributed by atoms with Crippen LogP contribution in [0.1, 0.15) is 16.8 Å². The summed E-state index contributed by atoms with van der Waals surface area (Å²) < 4.78 is 5.45. The van der Waals surface area contributed by atoms with Crippen molar-refractivity contribution in [3.8, 4) is 5.75 Å². The Kier molecular flexibility index (Phi) is 2.98. The molecule has 0 aliphatic carbocycles. The molecule has 2 heterocycles. The number of benzene rings is 2. The normalized spacial score (nSPS) is 15.0. The van der Waals surface area contributed by atoms with Gasteiger partial charge in [-0.25, -0.2) is 0 Å². The fourth-order valence-electron chi connectivity index (χ4n) is 3.05. The standard InChI is InChI=1S/C19H16N2O2/c1-11-7-17-15(18(8-11)23-2)10-12(20-17)9-14-13-5-3-4-6-16(13)21-19(14)22/h3-10,20H,1-2H3,(H,21,22)/b14-9-. The number of anilines is 1. The van der Waals surface area contributed by atoms with E-state index in [0.717, 1.165) is 39.2 Å². The van der Waals surface area contributed by atoms with Crippen molar-refractivity contribution < 1.29 is 9.53 Å². The average Bonchev–Trinajstić information content (AvgIpc) is 3.08. The smallest absolute Gasteiger partial charge is 0.256 e. The van der Waals surface area contributed by atoms with Crippen LogP contribution in [0.25, 0.3) is 22.6 Å². The maximum absolute atomic E-state index is 12.2. The molecule has 0 radical (unpaired) electrons. The molecular formula is C19H16N2O2. The summed E-state index contributed by atoms with van der Waals surface area (Å²) in [6, 6.07) is 13.8. The first-order valence-corrected chi connectivity index (χ1v) is 7.45. The van der Waals surface area contributed by atoms with Crippen LogP contribution < -0.4 is 10.1 Å². The Labute approximate surface area is 133 Å². The molecular weight excluding hydrogens is 288 g/mol. The average molecular weight is 304 g/mol. The molecule has 0 atom stereocenters. The minimum atomic E-state index is -0.0759. The lowest BCUT2D eigenvalue weighted by atomic mass is 10.1. The zero-order chi connectivity index (χ0) is 16.0. The van der Waals surface area contributed by atoms with Gasteiger partial charge >= 0.3 is 0 Å². The molecule has 4 rings (SSSR count). The number of aromatic nitrogens is 1. The van der Waals surface area contributed by atoms with Crippen molar-refractivity contribution in [3.05, 3.63) is 59.3 Å². The molecule has 0 unspecified atom stereocenters. The quantitative estimate of drug-likeness (QED) is 0.704. The molecule has 1 aliphatic heterocycles. The van der Waals surface area contributed by atoms with Crippen LogP contribution in [0.15, 0.2) is 42.5 Å². The van der Waals surface area contributed by atoms with Crippen molar-refractivity contribution in [1.29, 1.82) is 0 Å². The minimum Gasteiger partial charge on any atom is -0.496 e. The Hall–Kier alpha value is -3.01. The number of amides is 1. The van der Waals surface area contributed by atoms with E-state index < -0.39 is 0 Å². The second-order valence-electron chi connectivity index (χ2n) is 5.71. The van der Waals surface area contributed by atoms with Gasteiger partial charge in [0.1, 0.15) is 5.75 Å². The van der Waals surface area contributed by atoms with Gasteiger partial charge in [0, 0.05) is 27.8 Å². The molecule has 4 heteroatoms. The van der Waals surface area contributed by atoms with Gasteiger partial charge in [0.15, 0.2) is 0 Å². The Morgan fingerprint density at radius 2 is 1.96 bits per heavy atom. The topological polar surface area (TPSA) is 54.1 Å². The highest BCUT2D eigenvalue weighted by atomic mass is 16.5. The van der Waals surface area contributed by atoms with Crippen LogP contribution in [0, 0.1) is 6.92 Å². The zero-order valence-electron chi connectivity index (χ0n) is 12.9. The molecule has 0 saturated heterocycles. The number of H-pyrrole nitrogens is 1. The summed E-state index contributed by atoms with van der Waals surface area (Å²) in [7, 11) is 1.67. The first kappa shape index (κ1) is 13.6. The maximum atomic E-state index is 12.2. The number of hydrogen-bond donors (Lipinski definition) is 2. The third-order valence-electron chi connectivity index (χ3n) is 4.10. The van der Waals surface area contributed by atoms with E-state index in [2.05, 4.69) is 16.4 Å². The van der Waals surface area contributed by atoms with Crippen LogP contribution in [0.2, 0.25) is 0 Å². The van der Waals surface area contributed by atoms with Crippen molar-refractivity contribution in [2.75, 3.05) is 12.4 Å². The number of carbonyl (C=O) groups excluding carboxylic acids is 1. The Morgan fingerprint density at radius 1 is 1.13 bits per heavy atom. The fourth-order valence-corrected chi connectivity index (χ4v) is 3.05. The van der Waals surface area contributed by atoms with Gasteiger partial charge < -0.3 is 15.0 Å². The zero-order valence-corrected chi connectivity index (χ0v) is 12.9. The highest BCUT2D eigenvalue weighted by Gasteiger charge is 2.23. The molecule has 114 valence electrons. The Bertz CT molecular complexity index is 967. The van der Waals surface area contributed by atoms with E-state index in [0.29, 0.717) is 5.57 Å². The molecule has 1 aliphatic rings. The van der Waals surface area contributed by atoms with E-state index in [1.54, 1.807) is 7.11 Å². The van der Waals surface area contributed by atoms with Gasteiger partial charge in [-0.2, -0.15) is 0 Å². The Balaban J connectivity index is 1.86. The minimum absolute atomic E-state index is 0.0759. The molecule has 3 aromatic rings. The van der Waals surface area contributed by atoms with Gasteiger partial charge in [-0.3, -0.25) is 4.79 Å². The highest BCUT2D eigenvalue weighted by Crippen LogP contribution is 2.34. The lowest BCUT2D eigenvalue weighted by Crippen LogP contribution is -2.03. The van der Waals surface area contributed by atoms with E-state index >= 15 is 0 Å². The third-order valence-corrected chi connectivity index (χ3v) is 4.10. The van der Waals surface area contributed by atoms with Crippen LogP contribution in [-0.2, 0) is 4.79 Å². The number of aromatic amines is 1. The predicted octanol–water partition coefficient (Wildman–Crippen LogP) is 3.98. The number of aryl methyl sites for hydroxylation is 1. The Morgan fingerprint density at radius 3 is 2.78 bits per heavy atom. The van der Waals surface area contributed by atoms with Gasteiger partial charge in [0.2, 0.25) is 0 Å². The molecule has 23 heavy (non-hydrogen) atoms. The van der Waals surface area contributed by atoms with E-state index in [9.17, 15) is 4.79 Å². The lowest BCUT2D eigenvalue weighted by molar-refractivity contribution is -0.110. The van der Waals surface area contributed by atoms with Crippen molar-refractivity contribution in [3.63, 3.8) is 0 Å². The summed E-state index contributed by atoms with van der Waals surface area (Å²) in [5.41, 5.74) is 5.46. The summed E-state index contributed by atoms with van der Waals surface area (Å²) in [6.45, 7) is 2.03. The lowest BCUT2D eigenvalue weighted by Gasteiger charge is -2.02. The van der Waals surface area contributed by atoms with Crippen LogP contribution in [0.3, 0.4) is 0 Å². The first-order chi connectivity index (χ1) is 11.2. The van der Waals surface area contributed by atoms with Gasteiger partial charge in [-0.15, -0.1) is 0 Å². The van der Waals surface area contributed by atoms with E-state index in [-0.39, 0.29) is 5.91 Å². The number of ether oxygens (including phenoxy) is 1. The highest BCUT2D eigenvalue weighted by molar-refractivity contribution is 6.34. The van der Waals surface area contributed by atoms with E-state index in [1.165, 1.54) is 0 Å². The van der Waals surface area contributed by atoms with Gasteiger partial charge in [0.05, 0.1) is 12.7 Å². The van der Waals surface area contributed by atoms with Gasteiger partial charge in [-0.1, -0.05) is 18.2 Å². The SMILES string of the molecule is COc1cc(C)cc2[nH]c(/C=C3\C(=O)Nc4ccccc43)cc12. The monoisotopic (exact) mass is 304 g/mol. The van der Waals surface area contributed by atoms with Crippen molar-refractivity contribution in [2.45, 2.75) is 6.92 Å². The van der Waals surface area contributed by atoms with Gasteiger partial charge in [-0.05, 0) is 42.8 Å². The number of carbonyl (C=O) groups is 1. The molecule has 0 spiro atoms. The van der Waals surface area contributed by atoms with Crippen molar-refractivity contribution in [1.82, 2.24) is 4.98 Å². The number of nitrogens with one attached hydrogen (secondary N) is 2. The second kappa shape index (κ2) is 5.02. The summed E-state index contributed by atoms with van der Waals surface area (Å²) in [5, 5.41) is 3.90. The van der Waals surface area contributed by atoms with E-state index in [1.807, 2.05) is 49.4 Å². The summed E-state index contributed by atoms with van der Waals surface area (Å²) >= 11 is 0. The number of rotatable bonds is 2. The van der Waals surface area contributed by atoms with Crippen LogP contribution in [0.4, 0.5) is 5.69 Å². The van der Waals surface area contributed by atoms with Crippen LogP contribution >= 0.6 is 0 Å². The van der Waals surface area contributed by atoms with E-state index in [4.69, 9.17) is 4.74 Å². The molecule has 1 aromatic heterocycles. The first-order valence-electron chi connectivity index (χ1n) is 7.45. The summed E-state index contributed by atoms with van der Waals surface area (Å²) in [5.74, 6) is 0.755. The second-order valence-corrected chi connectivity index (χ2v) is 5.71. The maximum Gasteiger partial charge on any atom is 0.256 e. The van der Waals surface area contributed by atoms with Crippen molar-refractivity contribution in [2.24, 2.45) is 0 Å². The largest absolute Gasteiger partial charge is 0.496 e. The number of methoxy groups -OCH3 is 1. The molecule has 4 nitrogen and oxygen atoms in total. The molecule has 0 bridgehead atoms. The molecule has 2 N–H and O–H groups in total. The molecule has 2 aromatic carbocycles. The van der Waals surface area contributed by atoms with Crippen LogP contribution in [0.5, 0.6) is 5.75 Å². The predicted molar refractivity (Wildman–Crippen MR) is 92.5 cm³/mol.